The van der Waals surface area contributed by atoms with Gasteiger partial charge in [0.05, 0.1) is 10.7 Å². The Morgan fingerprint density at radius 2 is 2.05 bits per heavy atom. The van der Waals surface area contributed by atoms with Crippen LogP contribution in [0.25, 0.3) is 0 Å². The third kappa shape index (κ3) is 3.63. The predicted molar refractivity (Wildman–Crippen MR) is 83.4 cm³/mol. The third-order valence-corrected chi connectivity index (χ3v) is 3.19. The van der Waals surface area contributed by atoms with Crippen LogP contribution in [0.5, 0.6) is 0 Å². The summed E-state index contributed by atoms with van der Waals surface area (Å²) in [7, 11) is 1.63. The first kappa shape index (κ1) is 16.3. The van der Waals surface area contributed by atoms with E-state index in [1.54, 1.807) is 13.1 Å². The quantitative estimate of drug-likeness (QED) is 0.664. The molecule has 1 aromatic rings. The van der Waals surface area contributed by atoms with E-state index < -0.39 is 0 Å². The molecule has 0 aromatic heterocycles. The SMILES string of the molecule is Cc1cccc(Cl)c1N(C)C(=O)N(CC(C)C)C(=N)N. The number of carbonyl (C=O) groups is 1. The van der Waals surface area contributed by atoms with Gasteiger partial charge in [-0.3, -0.25) is 15.2 Å². The number of hydrogen-bond acceptors (Lipinski definition) is 2. The van der Waals surface area contributed by atoms with E-state index in [0.29, 0.717) is 17.3 Å². The van der Waals surface area contributed by atoms with Crippen molar-refractivity contribution in [2.45, 2.75) is 20.8 Å². The third-order valence-electron chi connectivity index (χ3n) is 2.88. The van der Waals surface area contributed by atoms with Gasteiger partial charge in [0.15, 0.2) is 5.96 Å². The number of aryl methyl sites for hydroxylation is 1. The van der Waals surface area contributed by atoms with Crippen LogP contribution in [0.2, 0.25) is 5.02 Å². The molecular weight excluding hydrogens is 276 g/mol. The summed E-state index contributed by atoms with van der Waals surface area (Å²) >= 11 is 6.16. The van der Waals surface area contributed by atoms with E-state index in [9.17, 15) is 4.79 Å². The van der Waals surface area contributed by atoms with E-state index in [-0.39, 0.29) is 17.9 Å². The van der Waals surface area contributed by atoms with Crippen LogP contribution in [-0.4, -0.2) is 30.5 Å². The molecule has 0 aliphatic carbocycles. The van der Waals surface area contributed by atoms with Crippen molar-refractivity contribution in [3.63, 3.8) is 0 Å². The fourth-order valence-corrected chi connectivity index (χ4v) is 2.32. The minimum atomic E-state index is -0.359. The first-order chi connectivity index (χ1) is 9.25. The molecule has 0 saturated carbocycles. The highest BCUT2D eigenvalue weighted by Gasteiger charge is 2.24. The van der Waals surface area contributed by atoms with Crippen molar-refractivity contribution in [1.82, 2.24) is 4.90 Å². The van der Waals surface area contributed by atoms with Crippen LogP contribution in [0, 0.1) is 18.3 Å². The van der Waals surface area contributed by atoms with Gasteiger partial charge in [-0.05, 0) is 24.5 Å². The van der Waals surface area contributed by atoms with E-state index in [4.69, 9.17) is 22.7 Å². The molecule has 0 aliphatic rings. The van der Waals surface area contributed by atoms with Crippen LogP contribution in [0.1, 0.15) is 19.4 Å². The van der Waals surface area contributed by atoms with E-state index >= 15 is 0 Å². The van der Waals surface area contributed by atoms with Gasteiger partial charge in [0.25, 0.3) is 0 Å². The molecule has 3 N–H and O–H groups in total. The molecule has 0 saturated heterocycles. The fourth-order valence-electron chi connectivity index (χ4n) is 1.97. The second-order valence-electron chi connectivity index (χ2n) is 5.14. The molecule has 20 heavy (non-hydrogen) atoms. The summed E-state index contributed by atoms with van der Waals surface area (Å²) in [5.41, 5.74) is 7.03. The number of urea groups is 1. The predicted octanol–water partition coefficient (Wildman–Crippen LogP) is 3.06. The zero-order valence-electron chi connectivity index (χ0n) is 12.3. The average molecular weight is 297 g/mol. The van der Waals surface area contributed by atoms with Crippen molar-refractivity contribution in [2.75, 3.05) is 18.5 Å². The molecular formula is C14H21ClN4O. The smallest absolute Gasteiger partial charge is 0.331 e. The number of hydrogen-bond donors (Lipinski definition) is 2. The Balaban J connectivity index is 3.09. The largest absolute Gasteiger partial charge is 0.370 e. The molecule has 0 fully saturated rings. The average Bonchev–Trinajstić information content (AvgIpc) is 2.34. The van der Waals surface area contributed by atoms with Crippen molar-refractivity contribution >= 4 is 29.3 Å². The number of nitrogens with two attached hydrogens (primary N) is 1. The van der Waals surface area contributed by atoms with Gasteiger partial charge in [0.1, 0.15) is 0 Å². The first-order valence-corrected chi connectivity index (χ1v) is 6.77. The highest BCUT2D eigenvalue weighted by atomic mass is 35.5. The lowest BCUT2D eigenvalue weighted by Crippen LogP contribution is -2.49. The highest BCUT2D eigenvalue weighted by Crippen LogP contribution is 2.29. The molecule has 1 aromatic carbocycles. The molecule has 0 heterocycles. The van der Waals surface area contributed by atoms with E-state index in [1.807, 2.05) is 32.9 Å². The Labute approximate surface area is 124 Å². The normalized spacial score (nSPS) is 10.5. The summed E-state index contributed by atoms with van der Waals surface area (Å²) in [6.07, 6.45) is 0. The van der Waals surface area contributed by atoms with Gasteiger partial charge >= 0.3 is 6.03 Å². The summed E-state index contributed by atoms with van der Waals surface area (Å²) in [6, 6.07) is 5.08. The monoisotopic (exact) mass is 296 g/mol. The van der Waals surface area contributed by atoms with Gasteiger partial charge in [0, 0.05) is 13.6 Å². The maximum absolute atomic E-state index is 12.5. The van der Waals surface area contributed by atoms with Crippen LogP contribution >= 0.6 is 11.6 Å². The van der Waals surface area contributed by atoms with E-state index in [0.717, 1.165) is 5.56 Å². The van der Waals surface area contributed by atoms with Crippen molar-refractivity contribution in [1.29, 1.82) is 5.41 Å². The van der Waals surface area contributed by atoms with Gasteiger partial charge in [-0.2, -0.15) is 0 Å². The van der Waals surface area contributed by atoms with Crippen LogP contribution in [0.15, 0.2) is 18.2 Å². The summed E-state index contributed by atoms with van der Waals surface area (Å²) in [5, 5.41) is 8.06. The summed E-state index contributed by atoms with van der Waals surface area (Å²) in [5.74, 6) is -0.0520. The van der Waals surface area contributed by atoms with Gasteiger partial charge < -0.3 is 5.73 Å². The molecule has 0 radical (unpaired) electrons. The Morgan fingerprint density at radius 1 is 1.45 bits per heavy atom. The Hall–Kier alpha value is -1.75. The lowest BCUT2D eigenvalue weighted by Gasteiger charge is -2.29. The van der Waals surface area contributed by atoms with Crippen LogP contribution < -0.4 is 10.6 Å². The minimum absolute atomic E-state index is 0.212. The van der Waals surface area contributed by atoms with Crippen molar-refractivity contribution < 1.29 is 4.79 Å². The first-order valence-electron chi connectivity index (χ1n) is 6.40. The minimum Gasteiger partial charge on any atom is -0.370 e. The maximum Gasteiger partial charge on any atom is 0.331 e. The number of amides is 2. The molecule has 110 valence electrons. The van der Waals surface area contributed by atoms with E-state index in [1.165, 1.54) is 9.80 Å². The zero-order chi connectivity index (χ0) is 15.4. The second kappa shape index (κ2) is 6.61. The van der Waals surface area contributed by atoms with Gasteiger partial charge in [-0.1, -0.05) is 37.6 Å². The summed E-state index contributed by atoms with van der Waals surface area (Å²) in [4.78, 5) is 15.2. The molecule has 6 heteroatoms. The van der Waals surface area contributed by atoms with Crippen LogP contribution in [0.4, 0.5) is 10.5 Å². The standard InChI is InChI=1S/C14H21ClN4O/c1-9(2)8-19(13(16)17)14(20)18(4)12-10(3)6-5-7-11(12)15/h5-7,9H,8H2,1-4H3,(H3,16,17). The molecule has 0 unspecified atom stereocenters. The summed E-state index contributed by atoms with van der Waals surface area (Å²) < 4.78 is 0. The lowest BCUT2D eigenvalue weighted by atomic mass is 10.2. The molecule has 0 aliphatic heterocycles. The summed E-state index contributed by atoms with van der Waals surface area (Å²) in [6.45, 7) is 6.20. The number of carbonyl (C=O) groups excluding carboxylic acids is 1. The van der Waals surface area contributed by atoms with Crippen LogP contribution in [0.3, 0.4) is 0 Å². The van der Waals surface area contributed by atoms with Crippen molar-refractivity contribution in [2.24, 2.45) is 11.7 Å². The molecule has 0 spiro atoms. The zero-order valence-corrected chi connectivity index (χ0v) is 13.0. The van der Waals surface area contributed by atoms with Crippen molar-refractivity contribution in [3.05, 3.63) is 28.8 Å². The molecule has 2 amide bonds. The Kier molecular flexibility index (Phi) is 5.39. The van der Waals surface area contributed by atoms with Gasteiger partial charge in [-0.15, -0.1) is 0 Å². The number of nitrogens with one attached hydrogen (secondary N) is 1. The maximum atomic E-state index is 12.5. The topological polar surface area (TPSA) is 73.4 Å². The highest BCUT2D eigenvalue weighted by molar-refractivity contribution is 6.34. The van der Waals surface area contributed by atoms with E-state index in [2.05, 4.69) is 0 Å². The number of para-hydroxylation sites is 1. The number of nitrogens with zero attached hydrogens (tertiary/aromatic N) is 2. The number of guanidine groups is 1. The lowest BCUT2D eigenvalue weighted by molar-refractivity contribution is 0.223. The van der Waals surface area contributed by atoms with Gasteiger partial charge in [-0.25, -0.2) is 4.79 Å². The second-order valence-corrected chi connectivity index (χ2v) is 5.54. The Morgan fingerprint density at radius 3 is 2.50 bits per heavy atom. The number of anilines is 1. The van der Waals surface area contributed by atoms with Gasteiger partial charge in [0.2, 0.25) is 0 Å². The van der Waals surface area contributed by atoms with Crippen molar-refractivity contribution in [3.8, 4) is 0 Å². The Bertz CT molecular complexity index is 496. The molecule has 5 nitrogen and oxygen atoms in total. The fraction of sp³-hybridized carbons (Fsp3) is 0.429. The van der Waals surface area contributed by atoms with Crippen LogP contribution in [-0.2, 0) is 0 Å². The molecule has 1 rings (SSSR count). The number of halogens is 1. The number of benzene rings is 1. The number of rotatable bonds is 3. The molecule has 0 atom stereocenters. The molecule has 0 bridgehead atoms.